The molecule has 0 aromatic heterocycles. The molecule has 0 unspecified atom stereocenters. The van der Waals surface area contributed by atoms with E-state index in [1.54, 1.807) is 31.2 Å². The third kappa shape index (κ3) is 3.70. The molecule has 1 aromatic rings. The summed E-state index contributed by atoms with van der Waals surface area (Å²) in [5.41, 5.74) is 6.14. The lowest BCUT2D eigenvalue weighted by atomic mass is 9.54. The molecule has 3 N–H and O–H groups in total. The van der Waals surface area contributed by atoms with Crippen LogP contribution in [0.15, 0.2) is 24.3 Å². The number of nitrogen functional groups attached to an aromatic ring is 1. The van der Waals surface area contributed by atoms with Crippen molar-refractivity contribution in [3.05, 3.63) is 29.8 Å². The van der Waals surface area contributed by atoms with Gasteiger partial charge in [0.15, 0.2) is 0 Å². The molecule has 1 atom stereocenters. The maximum atomic E-state index is 13.4. The molecule has 0 saturated heterocycles. The molecule has 4 saturated carbocycles. The van der Waals surface area contributed by atoms with E-state index < -0.39 is 23.7 Å². The molecular formula is C22H29N3O4. The molecule has 0 heterocycles. The number of hydrogen-bond donors (Lipinski definition) is 2. The van der Waals surface area contributed by atoms with Crippen LogP contribution in [0.25, 0.3) is 0 Å². The minimum atomic E-state index is -0.858. The Balaban J connectivity index is 1.62. The van der Waals surface area contributed by atoms with Crippen molar-refractivity contribution in [1.29, 1.82) is 5.41 Å². The van der Waals surface area contributed by atoms with E-state index in [-0.39, 0.29) is 5.84 Å². The van der Waals surface area contributed by atoms with Crippen molar-refractivity contribution in [3.8, 4) is 0 Å². The lowest BCUT2D eigenvalue weighted by Crippen LogP contribution is -2.55. The van der Waals surface area contributed by atoms with Gasteiger partial charge in [-0.25, -0.2) is 9.59 Å². The first-order valence-corrected chi connectivity index (χ1v) is 10.3. The van der Waals surface area contributed by atoms with Crippen LogP contribution in [-0.4, -0.2) is 36.7 Å². The minimum Gasteiger partial charge on any atom is -0.467 e. The molecule has 156 valence electrons. The van der Waals surface area contributed by atoms with Gasteiger partial charge in [-0.15, -0.1) is 0 Å². The van der Waals surface area contributed by atoms with Gasteiger partial charge in [0.25, 0.3) is 0 Å². The fourth-order valence-corrected chi connectivity index (χ4v) is 5.98. The first-order valence-electron chi connectivity index (χ1n) is 10.3. The van der Waals surface area contributed by atoms with E-state index in [2.05, 4.69) is 0 Å². The number of amidine groups is 1. The lowest BCUT2D eigenvalue weighted by molar-refractivity contribution is -0.143. The van der Waals surface area contributed by atoms with Crippen LogP contribution in [0.1, 0.15) is 51.0 Å². The van der Waals surface area contributed by atoms with Crippen molar-refractivity contribution in [2.45, 2.75) is 57.1 Å². The molecule has 7 nitrogen and oxygen atoms in total. The first kappa shape index (κ1) is 19.7. The third-order valence-corrected chi connectivity index (χ3v) is 6.85. The molecule has 4 bridgehead atoms. The summed E-state index contributed by atoms with van der Waals surface area (Å²) in [5.74, 6) is 1.29. The largest absolute Gasteiger partial charge is 0.467 e. The zero-order chi connectivity index (χ0) is 20.8. The third-order valence-electron chi connectivity index (χ3n) is 6.85. The van der Waals surface area contributed by atoms with Crippen LogP contribution in [-0.2, 0) is 14.3 Å². The fourth-order valence-electron chi connectivity index (χ4n) is 5.98. The number of esters is 1. The second-order valence-corrected chi connectivity index (χ2v) is 9.00. The van der Waals surface area contributed by atoms with Gasteiger partial charge in [0.2, 0.25) is 0 Å². The van der Waals surface area contributed by atoms with Gasteiger partial charge in [0.05, 0.1) is 7.11 Å². The van der Waals surface area contributed by atoms with Gasteiger partial charge >= 0.3 is 12.1 Å². The number of nitrogens with two attached hydrogens (primary N) is 1. The summed E-state index contributed by atoms with van der Waals surface area (Å²) in [7, 11) is 1.30. The van der Waals surface area contributed by atoms with Gasteiger partial charge in [-0.05, 0) is 75.3 Å². The Kier molecular flexibility index (Phi) is 5.00. The summed E-state index contributed by atoms with van der Waals surface area (Å²) in [4.78, 5) is 27.0. The van der Waals surface area contributed by atoms with E-state index in [0.29, 0.717) is 29.0 Å². The average molecular weight is 399 g/mol. The average Bonchev–Trinajstić information content (AvgIpc) is 2.66. The number of nitrogens with one attached hydrogen (secondary N) is 1. The zero-order valence-corrected chi connectivity index (χ0v) is 17.0. The van der Waals surface area contributed by atoms with Gasteiger partial charge in [-0.2, -0.15) is 0 Å². The summed E-state index contributed by atoms with van der Waals surface area (Å²) >= 11 is 0. The number of hydrogen-bond acceptors (Lipinski definition) is 5. The number of benzene rings is 1. The Morgan fingerprint density at radius 1 is 1.17 bits per heavy atom. The molecule has 4 fully saturated rings. The second-order valence-electron chi connectivity index (χ2n) is 9.00. The van der Waals surface area contributed by atoms with Crippen molar-refractivity contribution in [2.75, 3.05) is 12.0 Å². The van der Waals surface area contributed by atoms with Crippen molar-refractivity contribution >= 4 is 23.6 Å². The monoisotopic (exact) mass is 399 g/mol. The number of amides is 1. The van der Waals surface area contributed by atoms with E-state index in [1.165, 1.54) is 31.3 Å². The summed E-state index contributed by atoms with van der Waals surface area (Å²) in [6.45, 7) is 1.62. The highest BCUT2D eigenvalue weighted by atomic mass is 16.6. The Hall–Kier alpha value is -2.57. The second kappa shape index (κ2) is 7.35. The Morgan fingerprint density at radius 2 is 1.76 bits per heavy atom. The quantitative estimate of drug-likeness (QED) is 0.448. The van der Waals surface area contributed by atoms with Gasteiger partial charge in [-0.1, -0.05) is 12.1 Å². The maximum Gasteiger partial charge on any atom is 0.415 e. The van der Waals surface area contributed by atoms with Gasteiger partial charge < -0.3 is 15.2 Å². The van der Waals surface area contributed by atoms with Crippen LogP contribution in [0, 0.1) is 23.2 Å². The lowest BCUT2D eigenvalue weighted by Gasteiger charge is -2.55. The standard InChI is InChI=1S/C22H29N3O4/c1-13(20(26)28-2)25(18-5-3-4-17(9-18)19(23)24)21(27)29-22-10-14-6-15(11-22)8-16(7-14)12-22/h3-5,9,13-16H,6-8,10-12H2,1-2H3,(H3,23,24)/t13-,14?,15?,16?,22?/m0/s1. The predicted octanol–water partition coefficient (Wildman–Crippen LogP) is 3.44. The van der Waals surface area contributed by atoms with Crippen LogP contribution >= 0.6 is 0 Å². The van der Waals surface area contributed by atoms with E-state index in [0.717, 1.165) is 19.3 Å². The highest BCUT2D eigenvalue weighted by Gasteiger charge is 2.53. The highest BCUT2D eigenvalue weighted by molar-refractivity contribution is 5.99. The van der Waals surface area contributed by atoms with E-state index in [9.17, 15) is 9.59 Å². The summed E-state index contributed by atoms with van der Waals surface area (Å²) in [5, 5.41) is 7.68. The molecule has 1 amide bonds. The van der Waals surface area contributed by atoms with Crippen LogP contribution in [0.5, 0.6) is 0 Å². The summed E-state index contributed by atoms with van der Waals surface area (Å²) in [6.07, 6.45) is 5.96. The highest BCUT2D eigenvalue weighted by Crippen LogP contribution is 2.57. The molecule has 4 aliphatic rings. The van der Waals surface area contributed by atoms with Crippen molar-refractivity contribution in [2.24, 2.45) is 23.5 Å². The number of carbonyl (C=O) groups is 2. The molecule has 4 aliphatic carbocycles. The number of anilines is 1. The molecular weight excluding hydrogens is 370 g/mol. The fraction of sp³-hybridized carbons (Fsp3) is 0.591. The van der Waals surface area contributed by atoms with Crippen molar-refractivity contribution < 1.29 is 19.1 Å². The van der Waals surface area contributed by atoms with Gasteiger partial charge in [0.1, 0.15) is 17.5 Å². The normalized spacial score (nSPS) is 30.5. The predicted molar refractivity (Wildman–Crippen MR) is 109 cm³/mol. The van der Waals surface area contributed by atoms with Crippen LogP contribution < -0.4 is 10.6 Å². The maximum absolute atomic E-state index is 13.4. The molecule has 7 heteroatoms. The zero-order valence-electron chi connectivity index (χ0n) is 17.0. The van der Waals surface area contributed by atoms with E-state index in [4.69, 9.17) is 20.6 Å². The Morgan fingerprint density at radius 3 is 2.28 bits per heavy atom. The van der Waals surface area contributed by atoms with Crippen molar-refractivity contribution in [1.82, 2.24) is 0 Å². The Labute approximate surface area is 171 Å². The van der Waals surface area contributed by atoms with Gasteiger partial charge in [-0.3, -0.25) is 10.3 Å². The molecule has 1 aromatic carbocycles. The van der Waals surface area contributed by atoms with Crippen LogP contribution in [0.3, 0.4) is 0 Å². The molecule has 29 heavy (non-hydrogen) atoms. The van der Waals surface area contributed by atoms with Crippen molar-refractivity contribution in [3.63, 3.8) is 0 Å². The molecule has 5 rings (SSSR count). The minimum absolute atomic E-state index is 0.105. The van der Waals surface area contributed by atoms with Gasteiger partial charge in [0, 0.05) is 11.3 Å². The van der Waals surface area contributed by atoms with E-state index >= 15 is 0 Å². The molecule has 0 aliphatic heterocycles. The smallest absolute Gasteiger partial charge is 0.415 e. The number of ether oxygens (including phenoxy) is 2. The molecule has 0 spiro atoms. The van der Waals surface area contributed by atoms with Crippen LogP contribution in [0.4, 0.5) is 10.5 Å². The molecule has 0 radical (unpaired) electrons. The topological polar surface area (TPSA) is 106 Å². The first-order chi connectivity index (χ1) is 13.8. The summed E-state index contributed by atoms with van der Waals surface area (Å²) in [6, 6.07) is 5.89. The Bertz CT molecular complexity index is 802. The number of nitrogens with zero attached hydrogens (tertiary/aromatic N) is 1. The van der Waals surface area contributed by atoms with Crippen LogP contribution in [0.2, 0.25) is 0 Å². The number of carbonyl (C=O) groups excluding carboxylic acids is 2. The van der Waals surface area contributed by atoms with E-state index in [1.807, 2.05) is 0 Å². The number of methoxy groups -OCH3 is 1. The SMILES string of the molecule is COC(=O)[C@H](C)N(C(=O)OC12CC3CC(CC(C3)C1)C2)c1cccc(C(=N)N)c1. The number of rotatable bonds is 5. The summed E-state index contributed by atoms with van der Waals surface area (Å²) < 4.78 is 11.1.